The fraction of sp³-hybridized carbons (Fsp3) is 0.474. The number of nitrogens with zero attached hydrogens (tertiary/aromatic N) is 3. The zero-order valence-electron chi connectivity index (χ0n) is 16.1. The van der Waals surface area contributed by atoms with Gasteiger partial charge in [0.25, 0.3) is 11.9 Å². The lowest BCUT2D eigenvalue weighted by molar-refractivity contribution is 0.101. The van der Waals surface area contributed by atoms with E-state index < -0.39 is 0 Å². The number of fused-ring (bicyclic) bond motifs is 1. The maximum absolute atomic E-state index is 12.9. The third-order valence-electron chi connectivity index (χ3n) is 5.11. The van der Waals surface area contributed by atoms with Crippen LogP contribution in [0.1, 0.15) is 47.8 Å². The number of hydrogen-bond acceptors (Lipinski definition) is 7. The first-order valence-corrected chi connectivity index (χ1v) is 10.2. The van der Waals surface area contributed by atoms with Gasteiger partial charge in [-0.2, -0.15) is 5.21 Å². The van der Waals surface area contributed by atoms with E-state index in [2.05, 4.69) is 32.9 Å². The molecular weight excluding hydrogens is 378 g/mol. The molecule has 0 aliphatic heterocycles. The molecule has 3 aromatic rings. The third kappa shape index (κ3) is 3.66. The number of aryl methyl sites for hydroxylation is 1. The Morgan fingerprint density at radius 1 is 1.36 bits per heavy atom. The largest absolute Gasteiger partial charge is 0.496 e. The number of rotatable bonds is 5. The SMILES string of the molecule is COc1cc2c(O[C@H]3CCC[C@@H](C)C3)c(C(=O)Nc3nn[nH]n3)sc2cc1C. The second-order valence-corrected chi connectivity index (χ2v) is 8.33. The van der Waals surface area contributed by atoms with Crippen molar-refractivity contribution in [3.63, 3.8) is 0 Å². The Morgan fingerprint density at radius 3 is 2.93 bits per heavy atom. The minimum Gasteiger partial charge on any atom is -0.496 e. The highest BCUT2D eigenvalue weighted by atomic mass is 32.1. The monoisotopic (exact) mass is 401 g/mol. The summed E-state index contributed by atoms with van der Waals surface area (Å²) in [6.07, 6.45) is 4.46. The average Bonchev–Trinajstić information content (AvgIpc) is 3.29. The Labute approximate surface area is 166 Å². The predicted molar refractivity (Wildman–Crippen MR) is 107 cm³/mol. The first-order valence-electron chi connectivity index (χ1n) is 9.37. The van der Waals surface area contributed by atoms with Crippen LogP contribution in [0.5, 0.6) is 11.5 Å². The molecule has 9 heteroatoms. The number of nitrogens with one attached hydrogen (secondary N) is 2. The Hall–Kier alpha value is -2.68. The highest BCUT2D eigenvalue weighted by molar-refractivity contribution is 7.21. The molecule has 0 spiro atoms. The van der Waals surface area contributed by atoms with Crippen molar-refractivity contribution in [3.8, 4) is 11.5 Å². The van der Waals surface area contributed by atoms with Crippen molar-refractivity contribution in [1.29, 1.82) is 0 Å². The van der Waals surface area contributed by atoms with Crippen molar-refractivity contribution >= 4 is 33.3 Å². The molecule has 1 aromatic carbocycles. The van der Waals surface area contributed by atoms with Gasteiger partial charge in [0, 0.05) is 10.1 Å². The first-order chi connectivity index (χ1) is 13.5. The Morgan fingerprint density at radius 2 is 2.21 bits per heavy atom. The molecule has 28 heavy (non-hydrogen) atoms. The minimum absolute atomic E-state index is 0.102. The molecule has 2 atom stereocenters. The van der Waals surface area contributed by atoms with Gasteiger partial charge in [0.05, 0.1) is 13.2 Å². The number of carbonyl (C=O) groups is 1. The summed E-state index contributed by atoms with van der Waals surface area (Å²) in [5, 5.41) is 17.0. The van der Waals surface area contributed by atoms with Crippen LogP contribution in [0.4, 0.5) is 5.95 Å². The molecule has 8 nitrogen and oxygen atoms in total. The van der Waals surface area contributed by atoms with Crippen LogP contribution in [0.15, 0.2) is 12.1 Å². The summed E-state index contributed by atoms with van der Waals surface area (Å²) in [6.45, 7) is 4.23. The zero-order valence-corrected chi connectivity index (χ0v) is 16.9. The molecule has 1 amide bonds. The number of anilines is 1. The van der Waals surface area contributed by atoms with E-state index in [9.17, 15) is 4.79 Å². The summed E-state index contributed by atoms with van der Waals surface area (Å²) >= 11 is 1.40. The smallest absolute Gasteiger partial charge is 0.272 e. The number of methoxy groups -OCH3 is 1. The van der Waals surface area contributed by atoms with Crippen molar-refractivity contribution in [1.82, 2.24) is 20.6 Å². The summed E-state index contributed by atoms with van der Waals surface area (Å²) in [5.74, 6) is 1.83. The van der Waals surface area contributed by atoms with Crippen LogP contribution in [0.3, 0.4) is 0 Å². The van der Waals surface area contributed by atoms with Crippen molar-refractivity contribution in [3.05, 3.63) is 22.6 Å². The molecule has 1 aliphatic carbocycles. The second-order valence-electron chi connectivity index (χ2n) is 7.28. The van der Waals surface area contributed by atoms with Crippen LogP contribution < -0.4 is 14.8 Å². The van der Waals surface area contributed by atoms with Crippen molar-refractivity contribution in [2.24, 2.45) is 5.92 Å². The van der Waals surface area contributed by atoms with Crippen LogP contribution in [-0.2, 0) is 0 Å². The Bertz CT molecular complexity index is 985. The highest BCUT2D eigenvalue weighted by Crippen LogP contribution is 2.43. The maximum Gasteiger partial charge on any atom is 0.272 e. The van der Waals surface area contributed by atoms with Gasteiger partial charge >= 0.3 is 0 Å². The normalized spacial score (nSPS) is 19.5. The molecule has 1 fully saturated rings. The number of aromatic amines is 1. The summed E-state index contributed by atoms with van der Waals surface area (Å²) in [7, 11) is 1.65. The Kier molecular flexibility index (Phi) is 5.17. The fourth-order valence-corrected chi connectivity index (χ4v) is 4.83. The summed E-state index contributed by atoms with van der Waals surface area (Å²) in [5.41, 5.74) is 1.01. The van der Waals surface area contributed by atoms with E-state index in [-0.39, 0.29) is 18.0 Å². The molecule has 0 radical (unpaired) electrons. The lowest BCUT2D eigenvalue weighted by Crippen LogP contribution is -2.25. The number of ether oxygens (including phenoxy) is 2. The van der Waals surface area contributed by atoms with E-state index in [4.69, 9.17) is 9.47 Å². The van der Waals surface area contributed by atoms with Gasteiger partial charge in [-0.05, 0) is 55.0 Å². The quantitative estimate of drug-likeness (QED) is 0.671. The van der Waals surface area contributed by atoms with Crippen LogP contribution in [0, 0.1) is 12.8 Å². The molecule has 0 unspecified atom stereocenters. The lowest BCUT2D eigenvalue weighted by Gasteiger charge is -2.27. The average molecular weight is 401 g/mol. The van der Waals surface area contributed by atoms with E-state index in [0.29, 0.717) is 16.5 Å². The number of hydrogen-bond donors (Lipinski definition) is 2. The van der Waals surface area contributed by atoms with Gasteiger partial charge in [-0.1, -0.05) is 18.4 Å². The zero-order chi connectivity index (χ0) is 19.7. The lowest BCUT2D eigenvalue weighted by atomic mass is 9.88. The van der Waals surface area contributed by atoms with Gasteiger partial charge in [0.15, 0.2) is 5.75 Å². The van der Waals surface area contributed by atoms with E-state index >= 15 is 0 Å². The van der Waals surface area contributed by atoms with Crippen LogP contribution in [0.2, 0.25) is 0 Å². The third-order valence-corrected chi connectivity index (χ3v) is 6.24. The van der Waals surface area contributed by atoms with E-state index in [0.717, 1.165) is 40.7 Å². The number of carbonyl (C=O) groups excluding carboxylic acids is 1. The predicted octanol–water partition coefficient (Wildman–Crippen LogP) is 3.94. The Balaban J connectivity index is 1.74. The second kappa shape index (κ2) is 7.75. The molecule has 148 valence electrons. The maximum atomic E-state index is 12.9. The van der Waals surface area contributed by atoms with Gasteiger partial charge in [-0.15, -0.1) is 16.4 Å². The molecule has 1 saturated carbocycles. The molecule has 2 heterocycles. The summed E-state index contributed by atoms with van der Waals surface area (Å²) < 4.78 is 12.9. The topological polar surface area (TPSA) is 102 Å². The number of benzene rings is 1. The molecule has 1 aliphatic rings. The molecular formula is C19H23N5O3S. The number of H-pyrrole nitrogens is 1. The fourth-order valence-electron chi connectivity index (χ4n) is 3.71. The van der Waals surface area contributed by atoms with Gasteiger partial charge in [-0.3, -0.25) is 10.1 Å². The summed E-state index contributed by atoms with van der Waals surface area (Å²) in [6, 6.07) is 3.98. The van der Waals surface area contributed by atoms with Gasteiger partial charge in [0.2, 0.25) is 0 Å². The number of thiophene rings is 1. The van der Waals surface area contributed by atoms with Crippen LogP contribution >= 0.6 is 11.3 Å². The first kappa shape index (κ1) is 18.7. The van der Waals surface area contributed by atoms with E-state index in [1.807, 2.05) is 19.1 Å². The van der Waals surface area contributed by atoms with Crippen molar-refractivity contribution in [2.45, 2.75) is 45.6 Å². The molecule has 0 saturated heterocycles. The molecule has 2 aromatic heterocycles. The molecule has 4 rings (SSSR count). The number of aromatic nitrogens is 4. The molecule has 2 N–H and O–H groups in total. The van der Waals surface area contributed by atoms with Gasteiger partial charge < -0.3 is 9.47 Å². The molecule has 0 bridgehead atoms. The van der Waals surface area contributed by atoms with Gasteiger partial charge in [-0.25, -0.2) is 0 Å². The van der Waals surface area contributed by atoms with E-state index in [1.54, 1.807) is 7.11 Å². The standard InChI is InChI=1S/C19H23N5O3S/c1-10-5-4-6-12(7-10)27-16-13-9-14(26-3)11(2)8-15(13)28-17(16)18(25)20-19-21-23-24-22-19/h8-10,12H,4-7H2,1-3H3,(H2,20,21,22,23,24,25)/t10-,12+/m1/s1. The number of tetrazole rings is 1. The number of amides is 1. The summed E-state index contributed by atoms with van der Waals surface area (Å²) in [4.78, 5) is 13.4. The highest BCUT2D eigenvalue weighted by Gasteiger charge is 2.27. The van der Waals surface area contributed by atoms with Crippen molar-refractivity contribution in [2.75, 3.05) is 12.4 Å². The minimum atomic E-state index is -0.307. The van der Waals surface area contributed by atoms with Gasteiger partial charge in [0.1, 0.15) is 10.6 Å². The van der Waals surface area contributed by atoms with Crippen LogP contribution in [-0.4, -0.2) is 39.7 Å². The van der Waals surface area contributed by atoms with Crippen LogP contribution in [0.25, 0.3) is 10.1 Å². The van der Waals surface area contributed by atoms with E-state index in [1.165, 1.54) is 17.8 Å². The van der Waals surface area contributed by atoms with Crippen molar-refractivity contribution < 1.29 is 14.3 Å².